The van der Waals surface area contributed by atoms with Crippen molar-refractivity contribution in [3.8, 4) is 0 Å². The average molecular weight is 256 g/mol. The van der Waals surface area contributed by atoms with Gasteiger partial charge in [0.25, 0.3) is 0 Å². The number of ether oxygens (including phenoxy) is 1. The standard InChI is InChI=1S/C13H24N2OS/c1-3-13(2)10-17-12(15-13)14-8-7-11-6-4-5-9-16-11/h11H,3-10H2,1-2H3,(H,14,15). The quantitative estimate of drug-likeness (QED) is 0.840. The lowest BCUT2D eigenvalue weighted by molar-refractivity contribution is 0.0129. The van der Waals surface area contributed by atoms with Crippen LogP contribution in [0.1, 0.15) is 46.0 Å². The van der Waals surface area contributed by atoms with E-state index in [0.717, 1.165) is 36.9 Å². The number of amidine groups is 1. The van der Waals surface area contributed by atoms with Crippen LogP contribution < -0.4 is 5.32 Å². The van der Waals surface area contributed by atoms with Gasteiger partial charge in [0.15, 0.2) is 5.17 Å². The molecule has 0 aromatic heterocycles. The fourth-order valence-corrected chi connectivity index (χ4v) is 3.41. The van der Waals surface area contributed by atoms with Gasteiger partial charge in [0.1, 0.15) is 0 Å². The highest BCUT2D eigenvalue weighted by Crippen LogP contribution is 2.25. The topological polar surface area (TPSA) is 33.6 Å². The van der Waals surface area contributed by atoms with Gasteiger partial charge in [0.2, 0.25) is 0 Å². The molecule has 0 aromatic carbocycles. The van der Waals surface area contributed by atoms with Crippen molar-refractivity contribution in [1.82, 2.24) is 5.32 Å². The molecule has 0 spiro atoms. The zero-order valence-corrected chi connectivity index (χ0v) is 11.8. The molecule has 0 bridgehead atoms. The van der Waals surface area contributed by atoms with Gasteiger partial charge in [-0.2, -0.15) is 0 Å². The first-order chi connectivity index (χ1) is 8.22. The first-order valence-corrected chi connectivity index (χ1v) is 7.77. The predicted octanol–water partition coefficient (Wildman–Crippen LogP) is 2.81. The maximum Gasteiger partial charge on any atom is 0.157 e. The summed E-state index contributed by atoms with van der Waals surface area (Å²) in [5.74, 6) is 1.14. The van der Waals surface area contributed by atoms with Gasteiger partial charge in [0.05, 0.1) is 6.10 Å². The highest BCUT2D eigenvalue weighted by molar-refractivity contribution is 8.14. The first-order valence-electron chi connectivity index (χ1n) is 6.79. The predicted molar refractivity (Wildman–Crippen MR) is 74.8 cm³/mol. The van der Waals surface area contributed by atoms with Crippen LogP contribution in [0, 0.1) is 0 Å². The van der Waals surface area contributed by atoms with Crippen LogP contribution in [0.4, 0.5) is 0 Å². The Hall–Kier alpha value is -0.220. The Morgan fingerprint density at radius 2 is 2.41 bits per heavy atom. The summed E-state index contributed by atoms with van der Waals surface area (Å²) in [5, 5.41) is 4.66. The van der Waals surface area contributed by atoms with Crippen LogP contribution in [-0.4, -0.2) is 35.7 Å². The lowest BCUT2D eigenvalue weighted by Gasteiger charge is -2.22. The summed E-state index contributed by atoms with van der Waals surface area (Å²) in [6.45, 7) is 6.35. The van der Waals surface area contributed by atoms with Gasteiger partial charge in [-0.05, 0) is 39.0 Å². The monoisotopic (exact) mass is 256 g/mol. The fraction of sp³-hybridized carbons (Fsp3) is 0.923. The van der Waals surface area contributed by atoms with E-state index in [9.17, 15) is 0 Å². The third-order valence-corrected chi connectivity index (χ3v) is 4.98. The Morgan fingerprint density at radius 1 is 1.53 bits per heavy atom. The second-order valence-corrected chi connectivity index (χ2v) is 6.26. The molecule has 2 atom stereocenters. The molecule has 2 heterocycles. The van der Waals surface area contributed by atoms with Crippen LogP contribution in [0.15, 0.2) is 4.99 Å². The van der Waals surface area contributed by atoms with Crippen molar-refractivity contribution in [2.45, 2.75) is 57.6 Å². The minimum absolute atomic E-state index is 0.255. The van der Waals surface area contributed by atoms with Gasteiger partial charge in [-0.3, -0.25) is 4.99 Å². The molecule has 0 aromatic rings. The Labute approximate surface area is 109 Å². The maximum absolute atomic E-state index is 5.71. The first kappa shape index (κ1) is 13.2. The SMILES string of the molecule is CCC1(C)CSC(=NCCC2CCCCO2)N1. The molecule has 98 valence electrons. The molecule has 2 aliphatic heterocycles. The Morgan fingerprint density at radius 3 is 3.06 bits per heavy atom. The van der Waals surface area contributed by atoms with E-state index in [-0.39, 0.29) is 5.54 Å². The van der Waals surface area contributed by atoms with E-state index in [4.69, 9.17) is 4.74 Å². The Bertz CT molecular complexity index is 277. The summed E-state index contributed by atoms with van der Waals surface area (Å²) in [4.78, 5) is 4.65. The van der Waals surface area contributed by atoms with E-state index in [1.807, 2.05) is 11.8 Å². The van der Waals surface area contributed by atoms with Crippen molar-refractivity contribution in [2.75, 3.05) is 18.9 Å². The smallest absolute Gasteiger partial charge is 0.157 e. The third kappa shape index (κ3) is 3.88. The van der Waals surface area contributed by atoms with Crippen LogP contribution in [0.3, 0.4) is 0 Å². The van der Waals surface area contributed by atoms with E-state index in [2.05, 4.69) is 24.2 Å². The molecule has 2 rings (SSSR count). The summed E-state index contributed by atoms with van der Waals surface area (Å²) in [6, 6.07) is 0. The molecule has 2 saturated heterocycles. The lowest BCUT2D eigenvalue weighted by atomic mass is 10.0. The number of aliphatic imine (C=N–C) groups is 1. The largest absolute Gasteiger partial charge is 0.378 e. The van der Waals surface area contributed by atoms with Gasteiger partial charge in [-0.15, -0.1) is 0 Å². The lowest BCUT2D eigenvalue weighted by Crippen LogP contribution is -2.39. The molecule has 2 aliphatic rings. The number of hydrogen-bond acceptors (Lipinski definition) is 3. The molecule has 1 N–H and O–H groups in total. The van der Waals surface area contributed by atoms with Crippen molar-refractivity contribution in [1.29, 1.82) is 0 Å². The van der Waals surface area contributed by atoms with E-state index in [1.165, 1.54) is 19.3 Å². The number of hydrogen-bond donors (Lipinski definition) is 1. The van der Waals surface area contributed by atoms with Crippen LogP contribution in [0.5, 0.6) is 0 Å². The van der Waals surface area contributed by atoms with Crippen LogP contribution in [-0.2, 0) is 4.74 Å². The number of rotatable bonds is 4. The molecule has 4 heteroatoms. The summed E-state index contributed by atoms with van der Waals surface area (Å²) in [6.07, 6.45) is 6.47. The molecule has 2 fully saturated rings. The van der Waals surface area contributed by atoms with Gasteiger partial charge in [-0.25, -0.2) is 0 Å². The summed E-state index contributed by atoms with van der Waals surface area (Å²) < 4.78 is 5.71. The maximum atomic E-state index is 5.71. The second-order valence-electron chi connectivity index (χ2n) is 5.29. The molecule has 0 radical (unpaired) electrons. The van der Waals surface area contributed by atoms with Crippen molar-refractivity contribution in [3.63, 3.8) is 0 Å². The molecule has 0 amide bonds. The van der Waals surface area contributed by atoms with Crippen molar-refractivity contribution in [2.24, 2.45) is 4.99 Å². The number of nitrogens with one attached hydrogen (secondary N) is 1. The zero-order valence-electron chi connectivity index (χ0n) is 11.0. The van der Waals surface area contributed by atoms with Gasteiger partial charge < -0.3 is 10.1 Å². The zero-order chi connectivity index (χ0) is 12.1. The van der Waals surface area contributed by atoms with Crippen molar-refractivity contribution >= 4 is 16.9 Å². The Balaban J connectivity index is 1.70. The van der Waals surface area contributed by atoms with E-state index in [0.29, 0.717) is 6.10 Å². The molecule has 3 nitrogen and oxygen atoms in total. The van der Waals surface area contributed by atoms with Crippen molar-refractivity contribution < 1.29 is 4.74 Å². The van der Waals surface area contributed by atoms with Crippen molar-refractivity contribution in [3.05, 3.63) is 0 Å². The molecule has 0 aliphatic carbocycles. The number of thioether (sulfide) groups is 1. The summed E-state index contributed by atoms with van der Waals surface area (Å²) >= 11 is 1.86. The van der Waals surface area contributed by atoms with Crippen LogP contribution in [0.25, 0.3) is 0 Å². The average Bonchev–Trinajstić information content (AvgIpc) is 2.74. The van der Waals surface area contributed by atoms with Gasteiger partial charge in [-0.1, -0.05) is 18.7 Å². The molecule has 0 saturated carbocycles. The van der Waals surface area contributed by atoms with Gasteiger partial charge >= 0.3 is 0 Å². The highest BCUT2D eigenvalue weighted by atomic mass is 32.2. The van der Waals surface area contributed by atoms with E-state index >= 15 is 0 Å². The molecule has 2 unspecified atom stereocenters. The fourth-order valence-electron chi connectivity index (χ4n) is 2.18. The van der Waals surface area contributed by atoms with Gasteiger partial charge in [0, 0.05) is 24.4 Å². The third-order valence-electron chi connectivity index (χ3n) is 3.70. The Kier molecular flexibility index (Phi) is 4.74. The molecular formula is C13H24N2OS. The van der Waals surface area contributed by atoms with Crippen LogP contribution in [0.2, 0.25) is 0 Å². The second kappa shape index (κ2) is 6.10. The molecular weight excluding hydrogens is 232 g/mol. The minimum Gasteiger partial charge on any atom is -0.378 e. The number of nitrogens with zero attached hydrogens (tertiary/aromatic N) is 1. The highest BCUT2D eigenvalue weighted by Gasteiger charge is 2.30. The normalized spacial score (nSPS) is 36.1. The summed E-state index contributed by atoms with van der Waals surface area (Å²) in [7, 11) is 0. The van der Waals surface area contributed by atoms with E-state index in [1.54, 1.807) is 0 Å². The minimum atomic E-state index is 0.255. The van der Waals surface area contributed by atoms with Crippen LogP contribution >= 0.6 is 11.8 Å². The summed E-state index contributed by atoms with van der Waals surface area (Å²) in [5.41, 5.74) is 0.255. The van der Waals surface area contributed by atoms with E-state index < -0.39 is 0 Å². The molecule has 17 heavy (non-hydrogen) atoms.